The van der Waals surface area contributed by atoms with Crippen molar-refractivity contribution in [3.8, 4) is 11.5 Å². The zero-order valence-corrected chi connectivity index (χ0v) is 18.0. The van der Waals surface area contributed by atoms with E-state index in [4.69, 9.17) is 9.47 Å². The van der Waals surface area contributed by atoms with Crippen LogP contribution in [0.2, 0.25) is 0 Å². The van der Waals surface area contributed by atoms with Crippen molar-refractivity contribution in [2.75, 3.05) is 13.4 Å². The van der Waals surface area contributed by atoms with Crippen molar-refractivity contribution < 1.29 is 14.3 Å². The molecule has 0 unspecified atom stereocenters. The van der Waals surface area contributed by atoms with Crippen LogP contribution in [0.3, 0.4) is 0 Å². The highest BCUT2D eigenvalue weighted by atomic mass is 127. The second-order valence-electron chi connectivity index (χ2n) is 5.31. The van der Waals surface area contributed by atoms with Crippen molar-refractivity contribution in [2.45, 2.75) is 6.61 Å². The number of aliphatic imine (C=N–C) groups is 1. The molecule has 2 aromatic rings. The number of carbonyl (C=O) groups is 1. The number of rotatable bonds is 5. The van der Waals surface area contributed by atoms with Gasteiger partial charge in [-0.25, -0.2) is 4.99 Å². The van der Waals surface area contributed by atoms with Crippen molar-refractivity contribution in [3.63, 3.8) is 0 Å². The molecule has 0 fully saturated rings. The Morgan fingerprint density at radius 2 is 2.04 bits per heavy atom. The standard InChI is InChI=1S/C19H16INO3S2/c1-23-16-10-13(9-15-18(22)26-19(21-15)25-2)8-14(20)17(16)24-11-12-6-4-3-5-7-12/h3-10H,11H2,1-2H3/b15-9+. The second-order valence-corrected chi connectivity index (χ2v) is 8.49. The molecule has 3 rings (SSSR count). The largest absolute Gasteiger partial charge is 0.493 e. The van der Waals surface area contributed by atoms with E-state index in [0.717, 1.165) is 30.8 Å². The lowest BCUT2D eigenvalue weighted by Crippen LogP contribution is -2.00. The van der Waals surface area contributed by atoms with Gasteiger partial charge in [0.05, 0.1) is 10.7 Å². The van der Waals surface area contributed by atoms with E-state index < -0.39 is 0 Å². The predicted octanol–water partition coefficient (Wildman–Crippen LogP) is 5.21. The fraction of sp³-hybridized carbons (Fsp3) is 0.158. The molecule has 0 radical (unpaired) electrons. The average Bonchev–Trinajstić information content (AvgIpc) is 3.01. The lowest BCUT2D eigenvalue weighted by atomic mass is 10.1. The van der Waals surface area contributed by atoms with Crippen LogP contribution in [0.15, 0.2) is 53.2 Å². The molecule has 134 valence electrons. The first-order valence-corrected chi connectivity index (χ1v) is 10.8. The SMILES string of the molecule is COc1cc(/C=C2/N=C(SC)SC2=O)cc(I)c1OCc1ccccc1. The Morgan fingerprint density at radius 1 is 1.27 bits per heavy atom. The maximum atomic E-state index is 12.0. The normalized spacial score (nSPS) is 15.3. The molecule has 0 saturated heterocycles. The summed E-state index contributed by atoms with van der Waals surface area (Å²) in [6, 6.07) is 13.8. The van der Waals surface area contributed by atoms with Gasteiger partial charge in [-0.1, -0.05) is 30.3 Å². The number of halogens is 1. The molecule has 7 heteroatoms. The van der Waals surface area contributed by atoms with Gasteiger partial charge in [-0.05, 0) is 69.9 Å². The molecular formula is C19H16INO3S2. The molecule has 2 aromatic carbocycles. The summed E-state index contributed by atoms with van der Waals surface area (Å²) in [7, 11) is 1.61. The highest BCUT2D eigenvalue weighted by Gasteiger charge is 2.22. The van der Waals surface area contributed by atoms with Crippen LogP contribution in [0.4, 0.5) is 0 Å². The number of ether oxygens (including phenoxy) is 2. The van der Waals surface area contributed by atoms with Gasteiger partial charge in [-0.2, -0.15) is 0 Å². The quantitative estimate of drug-likeness (QED) is 0.419. The Hall–Kier alpha value is -1.45. The molecule has 0 N–H and O–H groups in total. The molecule has 0 amide bonds. The molecule has 0 spiro atoms. The zero-order valence-electron chi connectivity index (χ0n) is 14.2. The van der Waals surface area contributed by atoms with E-state index >= 15 is 0 Å². The minimum atomic E-state index is -0.0345. The molecule has 26 heavy (non-hydrogen) atoms. The first-order valence-electron chi connectivity index (χ1n) is 7.71. The van der Waals surface area contributed by atoms with Gasteiger partial charge in [0.25, 0.3) is 0 Å². The molecule has 1 heterocycles. The molecule has 0 bridgehead atoms. The fourth-order valence-electron chi connectivity index (χ4n) is 2.33. The minimum Gasteiger partial charge on any atom is -0.493 e. The second kappa shape index (κ2) is 8.96. The van der Waals surface area contributed by atoms with E-state index in [-0.39, 0.29) is 5.12 Å². The molecule has 1 aliphatic rings. The van der Waals surface area contributed by atoms with E-state index in [1.165, 1.54) is 11.8 Å². The summed E-state index contributed by atoms with van der Waals surface area (Å²) in [4.78, 5) is 16.4. The topological polar surface area (TPSA) is 47.9 Å². The summed E-state index contributed by atoms with van der Waals surface area (Å²) >= 11 is 4.85. The number of nitrogens with zero attached hydrogens (tertiary/aromatic N) is 1. The van der Waals surface area contributed by atoms with Crippen LogP contribution >= 0.6 is 46.1 Å². The van der Waals surface area contributed by atoms with Crippen LogP contribution < -0.4 is 9.47 Å². The highest BCUT2D eigenvalue weighted by molar-refractivity contribution is 14.1. The first-order chi connectivity index (χ1) is 12.6. The number of hydrogen-bond acceptors (Lipinski definition) is 6. The monoisotopic (exact) mass is 497 g/mol. The van der Waals surface area contributed by atoms with E-state index in [1.54, 1.807) is 13.2 Å². The number of thioether (sulfide) groups is 2. The zero-order chi connectivity index (χ0) is 18.5. The lowest BCUT2D eigenvalue weighted by Gasteiger charge is -2.13. The van der Waals surface area contributed by atoms with Crippen LogP contribution in [-0.4, -0.2) is 22.9 Å². The van der Waals surface area contributed by atoms with Gasteiger partial charge in [0, 0.05) is 0 Å². The van der Waals surface area contributed by atoms with E-state index in [9.17, 15) is 4.79 Å². The van der Waals surface area contributed by atoms with Crippen LogP contribution in [0.25, 0.3) is 6.08 Å². The average molecular weight is 497 g/mol. The van der Waals surface area contributed by atoms with Gasteiger partial charge in [0.2, 0.25) is 5.12 Å². The van der Waals surface area contributed by atoms with Crippen LogP contribution in [-0.2, 0) is 11.4 Å². The Bertz CT molecular complexity index is 882. The summed E-state index contributed by atoms with van der Waals surface area (Å²) in [6.07, 6.45) is 3.69. The van der Waals surface area contributed by atoms with E-state index in [1.807, 2.05) is 48.7 Å². The van der Waals surface area contributed by atoms with Gasteiger partial charge < -0.3 is 9.47 Å². The van der Waals surface area contributed by atoms with Crippen molar-refractivity contribution in [1.29, 1.82) is 0 Å². The molecule has 0 aliphatic carbocycles. The Morgan fingerprint density at radius 3 is 2.69 bits per heavy atom. The third-order valence-electron chi connectivity index (χ3n) is 3.56. The van der Waals surface area contributed by atoms with Gasteiger partial charge in [0.1, 0.15) is 16.7 Å². The summed E-state index contributed by atoms with van der Waals surface area (Å²) in [5, 5.41) is -0.0345. The number of carbonyl (C=O) groups excluding carboxylic acids is 1. The summed E-state index contributed by atoms with van der Waals surface area (Å²) in [5.41, 5.74) is 2.40. The van der Waals surface area contributed by atoms with Crippen LogP contribution in [0.5, 0.6) is 11.5 Å². The molecule has 0 saturated carbocycles. The molecule has 1 aliphatic heterocycles. The summed E-state index contributed by atoms with van der Waals surface area (Å²) < 4.78 is 13.2. The third-order valence-corrected chi connectivity index (χ3v) is 6.21. The number of hydrogen-bond donors (Lipinski definition) is 0. The van der Waals surface area contributed by atoms with Crippen LogP contribution in [0.1, 0.15) is 11.1 Å². The number of benzene rings is 2. The van der Waals surface area contributed by atoms with Gasteiger partial charge in [-0.3, -0.25) is 4.79 Å². The fourth-order valence-corrected chi connectivity index (χ4v) is 4.37. The van der Waals surface area contributed by atoms with Crippen LogP contribution in [0, 0.1) is 3.57 Å². The van der Waals surface area contributed by atoms with Crippen molar-refractivity contribution >= 4 is 61.7 Å². The maximum Gasteiger partial charge on any atom is 0.244 e. The molecule has 4 nitrogen and oxygen atoms in total. The smallest absolute Gasteiger partial charge is 0.244 e. The van der Waals surface area contributed by atoms with Crippen molar-refractivity contribution in [1.82, 2.24) is 0 Å². The van der Waals surface area contributed by atoms with Gasteiger partial charge in [0.15, 0.2) is 11.5 Å². The van der Waals surface area contributed by atoms with E-state index in [0.29, 0.717) is 23.8 Å². The lowest BCUT2D eigenvalue weighted by molar-refractivity contribution is -0.107. The highest BCUT2D eigenvalue weighted by Crippen LogP contribution is 2.36. The minimum absolute atomic E-state index is 0.0345. The molecular weight excluding hydrogens is 481 g/mol. The summed E-state index contributed by atoms with van der Waals surface area (Å²) in [6.45, 7) is 0.462. The Balaban J connectivity index is 1.85. The first kappa shape index (κ1) is 19.3. The van der Waals surface area contributed by atoms with Crippen molar-refractivity contribution in [3.05, 3.63) is 62.9 Å². The third kappa shape index (κ3) is 4.63. The van der Waals surface area contributed by atoms with Crippen molar-refractivity contribution in [2.24, 2.45) is 4.99 Å². The maximum absolute atomic E-state index is 12.0. The molecule has 0 aromatic heterocycles. The Kier molecular flexibility index (Phi) is 6.66. The Labute approximate surface area is 174 Å². The predicted molar refractivity (Wildman–Crippen MR) is 118 cm³/mol. The van der Waals surface area contributed by atoms with Gasteiger partial charge in [-0.15, -0.1) is 11.8 Å². The van der Waals surface area contributed by atoms with Gasteiger partial charge >= 0.3 is 0 Å². The molecule has 0 atom stereocenters. The van der Waals surface area contributed by atoms with E-state index in [2.05, 4.69) is 27.6 Å². The number of methoxy groups -OCH3 is 1. The summed E-state index contributed by atoms with van der Waals surface area (Å²) in [5.74, 6) is 1.33.